The maximum atomic E-state index is 12.0. The van der Waals surface area contributed by atoms with Crippen LogP contribution in [-0.2, 0) is 9.59 Å². The Morgan fingerprint density at radius 2 is 1.92 bits per heavy atom. The van der Waals surface area contributed by atoms with Gasteiger partial charge in [-0.25, -0.2) is 0 Å². The molecule has 1 aromatic rings. The molecule has 1 rings (SSSR count). The topological polar surface area (TPSA) is 70.7 Å². The predicted molar refractivity (Wildman–Crippen MR) is 98.8 cm³/mol. The fourth-order valence-corrected chi connectivity index (χ4v) is 2.14. The molecule has 0 bridgehead atoms. The van der Waals surface area contributed by atoms with Gasteiger partial charge in [0.1, 0.15) is 5.75 Å². The van der Waals surface area contributed by atoms with Crippen LogP contribution in [-0.4, -0.2) is 50.0 Å². The van der Waals surface area contributed by atoms with Gasteiger partial charge in [-0.1, -0.05) is 13.0 Å². The lowest BCUT2D eigenvalue weighted by molar-refractivity contribution is -0.133. The minimum atomic E-state index is -0.131. The molecule has 0 aromatic heterocycles. The summed E-state index contributed by atoms with van der Waals surface area (Å²) >= 11 is 0. The van der Waals surface area contributed by atoms with E-state index in [0.29, 0.717) is 31.1 Å². The Hall–Kier alpha value is -1.79. The van der Waals surface area contributed by atoms with Gasteiger partial charge in [-0.3, -0.25) is 9.59 Å². The third kappa shape index (κ3) is 7.19. The van der Waals surface area contributed by atoms with Crippen molar-refractivity contribution in [2.75, 3.05) is 38.6 Å². The second-order valence-electron chi connectivity index (χ2n) is 5.33. The van der Waals surface area contributed by atoms with Crippen LogP contribution >= 0.6 is 12.4 Å². The van der Waals surface area contributed by atoms with Crippen LogP contribution in [0.3, 0.4) is 0 Å². The third-order valence-electron chi connectivity index (χ3n) is 3.54. The average molecular weight is 358 g/mol. The minimum absolute atomic E-state index is 0. The summed E-state index contributed by atoms with van der Waals surface area (Å²) < 4.78 is 5.53. The molecule has 0 aliphatic heterocycles. The standard InChI is InChI=1S/C17H27N3O3.ClH/c1-5-20(6-2)16(21)12-23-15-9-7-8-14(10-15)19-17(22)13(3)11-18-4;/h7-10,13,18H,5-6,11-12H2,1-4H3,(H,19,22);1H. The molecule has 0 spiro atoms. The summed E-state index contributed by atoms with van der Waals surface area (Å²) in [6.45, 7) is 7.66. The maximum absolute atomic E-state index is 12.0. The Morgan fingerprint density at radius 1 is 1.25 bits per heavy atom. The highest BCUT2D eigenvalue weighted by Gasteiger charge is 2.13. The van der Waals surface area contributed by atoms with E-state index in [0.717, 1.165) is 0 Å². The number of hydrogen-bond acceptors (Lipinski definition) is 4. The van der Waals surface area contributed by atoms with Gasteiger partial charge in [-0.15, -0.1) is 12.4 Å². The fraction of sp³-hybridized carbons (Fsp3) is 0.529. The number of likely N-dealkylation sites (N-methyl/N-ethyl adjacent to an activating group) is 1. The van der Waals surface area contributed by atoms with Crippen molar-refractivity contribution in [3.8, 4) is 5.75 Å². The van der Waals surface area contributed by atoms with Crippen LogP contribution in [0, 0.1) is 5.92 Å². The Bertz CT molecular complexity index is 522. The van der Waals surface area contributed by atoms with E-state index in [2.05, 4.69) is 10.6 Å². The maximum Gasteiger partial charge on any atom is 0.260 e. The molecule has 0 aliphatic rings. The zero-order valence-electron chi connectivity index (χ0n) is 14.8. The van der Waals surface area contributed by atoms with E-state index in [4.69, 9.17) is 4.74 Å². The van der Waals surface area contributed by atoms with E-state index in [1.54, 1.807) is 29.2 Å². The second kappa shape index (κ2) is 11.7. The monoisotopic (exact) mass is 357 g/mol. The molecule has 0 radical (unpaired) electrons. The lowest BCUT2D eigenvalue weighted by Gasteiger charge is -2.18. The summed E-state index contributed by atoms with van der Waals surface area (Å²) in [7, 11) is 1.81. The predicted octanol–water partition coefficient (Wildman–Crippen LogP) is 2.15. The van der Waals surface area contributed by atoms with Gasteiger partial charge in [-0.2, -0.15) is 0 Å². The average Bonchev–Trinajstić information content (AvgIpc) is 2.54. The number of ether oxygens (including phenoxy) is 1. The number of nitrogens with one attached hydrogen (secondary N) is 2. The minimum Gasteiger partial charge on any atom is -0.484 e. The van der Waals surface area contributed by atoms with Gasteiger partial charge in [0.2, 0.25) is 5.91 Å². The van der Waals surface area contributed by atoms with Crippen LogP contribution < -0.4 is 15.4 Å². The number of anilines is 1. The van der Waals surface area contributed by atoms with Gasteiger partial charge >= 0.3 is 0 Å². The van der Waals surface area contributed by atoms with Gasteiger partial charge in [-0.05, 0) is 33.0 Å². The number of amides is 2. The smallest absolute Gasteiger partial charge is 0.260 e. The SMILES string of the molecule is CCN(CC)C(=O)COc1cccc(NC(=O)C(C)CNC)c1.Cl. The van der Waals surface area contributed by atoms with Crippen molar-refractivity contribution in [2.24, 2.45) is 5.92 Å². The quantitative estimate of drug-likeness (QED) is 0.710. The van der Waals surface area contributed by atoms with Crippen molar-refractivity contribution in [2.45, 2.75) is 20.8 Å². The molecule has 2 N–H and O–H groups in total. The molecule has 7 heteroatoms. The molecular formula is C17H28ClN3O3. The first-order valence-electron chi connectivity index (χ1n) is 7.97. The van der Waals surface area contributed by atoms with Gasteiger partial charge in [0, 0.05) is 37.3 Å². The van der Waals surface area contributed by atoms with Gasteiger partial charge in [0.25, 0.3) is 5.91 Å². The number of hydrogen-bond donors (Lipinski definition) is 2. The summed E-state index contributed by atoms with van der Waals surface area (Å²) in [4.78, 5) is 25.6. The molecule has 1 atom stereocenters. The molecule has 0 saturated carbocycles. The number of benzene rings is 1. The second-order valence-corrected chi connectivity index (χ2v) is 5.33. The zero-order chi connectivity index (χ0) is 17.2. The molecule has 0 heterocycles. The van der Waals surface area contributed by atoms with Crippen LogP contribution in [0.2, 0.25) is 0 Å². The third-order valence-corrected chi connectivity index (χ3v) is 3.54. The summed E-state index contributed by atoms with van der Waals surface area (Å²) in [5.74, 6) is 0.321. The number of halogens is 1. The van der Waals surface area contributed by atoms with Crippen LogP contribution in [0.15, 0.2) is 24.3 Å². The van der Waals surface area contributed by atoms with Crippen molar-refractivity contribution in [3.63, 3.8) is 0 Å². The van der Waals surface area contributed by atoms with Gasteiger partial charge < -0.3 is 20.3 Å². The van der Waals surface area contributed by atoms with Gasteiger partial charge in [0.15, 0.2) is 6.61 Å². The Balaban J connectivity index is 0.00000529. The Labute approximate surface area is 150 Å². The number of rotatable bonds is 9. The fourth-order valence-electron chi connectivity index (χ4n) is 2.14. The molecule has 136 valence electrons. The molecule has 6 nitrogen and oxygen atoms in total. The van der Waals surface area contributed by atoms with E-state index in [-0.39, 0.29) is 36.7 Å². The van der Waals surface area contributed by atoms with Crippen LogP contribution in [0.25, 0.3) is 0 Å². The lowest BCUT2D eigenvalue weighted by Crippen LogP contribution is -2.34. The van der Waals surface area contributed by atoms with Crippen LogP contribution in [0.5, 0.6) is 5.75 Å². The van der Waals surface area contributed by atoms with Crippen molar-refractivity contribution >= 4 is 29.9 Å². The summed E-state index contributed by atoms with van der Waals surface area (Å²) in [5.41, 5.74) is 0.658. The normalized spacial score (nSPS) is 11.2. The molecule has 1 aromatic carbocycles. The van der Waals surface area contributed by atoms with Crippen molar-refractivity contribution < 1.29 is 14.3 Å². The van der Waals surface area contributed by atoms with Gasteiger partial charge in [0.05, 0.1) is 0 Å². The zero-order valence-corrected chi connectivity index (χ0v) is 15.6. The first kappa shape index (κ1) is 22.2. The molecule has 0 fully saturated rings. The Morgan fingerprint density at radius 3 is 2.50 bits per heavy atom. The molecule has 24 heavy (non-hydrogen) atoms. The first-order valence-corrected chi connectivity index (χ1v) is 7.97. The largest absolute Gasteiger partial charge is 0.484 e. The highest BCUT2D eigenvalue weighted by atomic mass is 35.5. The van der Waals surface area contributed by atoms with E-state index in [1.807, 2.05) is 27.8 Å². The first-order chi connectivity index (χ1) is 11.0. The van der Waals surface area contributed by atoms with E-state index in [9.17, 15) is 9.59 Å². The summed E-state index contributed by atoms with van der Waals surface area (Å²) in [5, 5.41) is 5.82. The molecule has 0 aliphatic carbocycles. The summed E-state index contributed by atoms with van der Waals surface area (Å²) in [6, 6.07) is 7.07. The van der Waals surface area contributed by atoms with Crippen molar-refractivity contribution in [1.82, 2.24) is 10.2 Å². The van der Waals surface area contributed by atoms with Crippen molar-refractivity contribution in [1.29, 1.82) is 0 Å². The molecule has 1 unspecified atom stereocenters. The Kier molecular flexibility index (Phi) is 10.8. The van der Waals surface area contributed by atoms with Crippen LogP contribution in [0.4, 0.5) is 5.69 Å². The van der Waals surface area contributed by atoms with E-state index in [1.165, 1.54) is 0 Å². The molecule has 0 saturated heterocycles. The molecule has 2 amide bonds. The molecular weight excluding hydrogens is 330 g/mol. The number of nitrogens with zero attached hydrogens (tertiary/aromatic N) is 1. The lowest BCUT2D eigenvalue weighted by atomic mass is 10.1. The summed E-state index contributed by atoms with van der Waals surface area (Å²) in [6.07, 6.45) is 0. The highest BCUT2D eigenvalue weighted by molar-refractivity contribution is 5.92. The number of carbonyl (C=O) groups excluding carboxylic acids is 2. The van der Waals surface area contributed by atoms with Crippen LogP contribution in [0.1, 0.15) is 20.8 Å². The van der Waals surface area contributed by atoms with Crippen molar-refractivity contribution in [3.05, 3.63) is 24.3 Å². The number of carbonyl (C=O) groups is 2. The van der Waals surface area contributed by atoms with E-state index >= 15 is 0 Å². The highest BCUT2D eigenvalue weighted by Crippen LogP contribution is 2.18. The van der Waals surface area contributed by atoms with E-state index < -0.39 is 0 Å².